The topological polar surface area (TPSA) is 371 Å². The number of ether oxygens (including phenoxy) is 18. The minimum absolute atomic E-state index is 0.0184. The van der Waals surface area contributed by atoms with E-state index in [1.165, 1.54) is 19.1 Å². The van der Waals surface area contributed by atoms with Crippen LogP contribution in [0.4, 0.5) is 11.4 Å². The number of carboxylic acids is 1. The van der Waals surface area contributed by atoms with Crippen molar-refractivity contribution in [3.63, 3.8) is 0 Å². The summed E-state index contributed by atoms with van der Waals surface area (Å²) in [6.45, 7) is 30.5. The smallest absolute Gasteiger partial charge is 0.303 e. The molecule has 8 rings (SSSR count). The minimum Gasteiger partial charge on any atom is -0.744 e. The third kappa shape index (κ3) is 36.4. The molecule has 0 fully saturated rings. The fourth-order valence-electron chi connectivity index (χ4n) is 17.8. The van der Waals surface area contributed by atoms with Gasteiger partial charge in [-0.3, -0.25) is 19.2 Å². The Hall–Kier alpha value is -7.69. The minimum atomic E-state index is -4.93. The molecule has 32 nitrogen and oxygen atoms in total. The summed E-state index contributed by atoms with van der Waals surface area (Å²) in [5.41, 5.74) is 11.4. The lowest BCUT2D eigenvalue weighted by Gasteiger charge is -2.33. The molecule has 760 valence electrons. The zero-order chi connectivity index (χ0) is 97.7. The van der Waals surface area contributed by atoms with E-state index in [9.17, 15) is 42.0 Å². The Morgan fingerprint density at radius 1 is 0.412 bits per heavy atom. The van der Waals surface area contributed by atoms with Gasteiger partial charge in [-0.25, -0.2) is 8.42 Å². The monoisotopic (exact) mass is 1930 g/mol. The van der Waals surface area contributed by atoms with E-state index in [2.05, 4.69) is 140 Å². The number of Topliss-reactive ketones (excluding diaryl/α,β-unsaturated/α-hetero) is 1. The third-order valence-electron chi connectivity index (χ3n) is 24.9. The average molecular weight is 1930 g/mol. The van der Waals surface area contributed by atoms with Gasteiger partial charge in [0.15, 0.2) is 5.71 Å². The highest BCUT2D eigenvalue weighted by atomic mass is 32.2. The number of benzene rings is 4. The van der Waals surface area contributed by atoms with Crippen molar-refractivity contribution in [2.24, 2.45) is 0 Å². The highest BCUT2D eigenvalue weighted by Gasteiger charge is 2.52. The predicted molar refractivity (Wildman–Crippen MR) is 518 cm³/mol. The van der Waals surface area contributed by atoms with E-state index in [1.54, 1.807) is 27.4 Å². The molecule has 2 aliphatic heterocycles. The molecule has 136 heavy (non-hydrogen) atoms. The molecule has 0 spiro atoms. The van der Waals surface area contributed by atoms with Crippen molar-refractivity contribution in [3.05, 3.63) is 136 Å². The lowest BCUT2D eigenvalue weighted by atomic mass is 9.70. The van der Waals surface area contributed by atoms with Gasteiger partial charge in [0.25, 0.3) is 0 Å². The fourth-order valence-corrected chi connectivity index (χ4v) is 18.3. The number of aryl methyl sites for hydroxylation is 1. The quantitative estimate of drug-likeness (QED) is 0.0138. The first-order valence-corrected chi connectivity index (χ1v) is 50.0. The molecule has 0 radical (unpaired) electrons. The number of anilines is 1. The lowest BCUT2D eigenvalue weighted by Crippen LogP contribution is -2.34. The zero-order valence-corrected chi connectivity index (χ0v) is 83.3. The summed E-state index contributed by atoms with van der Waals surface area (Å²) in [5, 5.41) is 19.0. The van der Waals surface area contributed by atoms with Crippen molar-refractivity contribution < 1.29 is 132 Å². The number of carbonyl (C=O) groups excluding carboxylic acids is 4. The van der Waals surface area contributed by atoms with Gasteiger partial charge in [-0.2, -0.15) is 4.58 Å². The van der Waals surface area contributed by atoms with Crippen LogP contribution in [-0.4, -0.2) is 330 Å². The Morgan fingerprint density at radius 3 is 1.20 bits per heavy atom. The maximum atomic E-state index is 14.3. The van der Waals surface area contributed by atoms with Gasteiger partial charge in [-0.1, -0.05) is 81.7 Å². The number of carboxylic acid groups (broad SMARTS) is 1. The molecule has 1 unspecified atom stereocenters. The van der Waals surface area contributed by atoms with Crippen LogP contribution in [0, 0.1) is 6.92 Å². The van der Waals surface area contributed by atoms with E-state index in [0.717, 1.165) is 97.7 Å². The molecular formula is C103H155N5O27S. The van der Waals surface area contributed by atoms with Crippen LogP contribution < -0.4 is 20.9 Å². The van der Waals surface area contributed by atoms with Crippen LogP contribution in [0.3, 0.4) is 0 Å². The summed E-state index contributed by atoms with van der Waals surface area (Å²) in [7, 11) is -0.0465. The number of hydrogen-bond acceptors (Lipinski definition) is 27. The Labute approximate surface area is 806 Å². The van der Waals surface area contributed by atoms with Gasteiger partial charge in [-0.05, 0) is 159 Å². The van der Waals surface area contributed by atoms with Gasteiger partial charge < -0.3 is 121 Å². The molecule has 4 N–H and O–H groups in total. The maximum absolute atomic E-state index is 14.3. The summed E-state index contributed by atoms with van der Waals surface area (Å²) in [6, 6.07) is 20.0. The van der Waals surface area contributed by atoms with Crippen molar-refractivity contribution in [2.45, 2.75) is 171 Å². The van der Waals surface area contributed by atoms with E-state index in [4.69, 9.17) is 85.3 Å². The number of unbranched alkanes of at least 4 members (excludes halogenated alkanes) is 4. The molecule has 4 aromatic rings. The van der Waals surface area contributed by atoms with Gasteiger partial charge >= 0.3 is 5.97 Å². The second kappa shape index (κ2) is 62.5. The summed E-state index contributed by atoms with van der Waals surface area (Å²) in [4.78, 5) is 69.9. The highest BCUT2D eigenvalue weighted by molar-refractivity contribution is 7.85. The third-order valence-corrected chi connectivity index (χ3v) is 25.7. The Balaban J connectivity index is 1.01. The predicted octanol–water partition coefficient (Wildman–Crippen LogP) is 11.7. The van der Waals surface area contributed by atoms with Crippen LogP contribution in [0.15, 0.2) is 102 Å². The van der Waals surface area contributed by atoms with Gasteiger partial charge in [0.1, 0.15) is 22.4 Å². The van der Waals surface area contributed by atoms with Crippen LogP contribution in [0.2, 0.25) is 0 Å². The van der Waals surface area contributed by atoms with Crippen molar-refractivity contribution in [1.82, 2.24) is 16.0 Å². The molecule has 4 aliphatic rings. The fraction of sp³-hybridized carbons (Fsp3) is 0.650. The first-order chi connectivity index (χ1) is 65.9. The number of methoxy groups -OCH3 is 3. The molecule has 0 saturated heterocycles. The molecule has 1 atom stereocenters. The lowest BCUT2D eigenvalue weighted by molar-refractivity contribution is -0.438. The van der Waals surface area contributed by atoms with Crippen LogP contribution in [0.25, 0.3) is 22.3 Å². The molecule has 3 amide bonds. The van der Waals surface area contributed by atoms with Crippen LogP contribution in [0.5, 0.6) is 0 Å². The normalized spacial score (nSPS) is 15.7. The Bertz CT molecular complexity index is 4480. The average Bonchev–Trinajstić information content (AvgIpc) is 1.54. The molecule has 4 aromatic carbocycles. The number of hydrogen-bond donors (Lipinski definition) is 4. The van der Waals surface area contributed by atoms with E-state index in [-0.39, 0.29) is 113 Å². The first-order valence-electron chi connectivity index (χ1n) is 48.6. The number of amides is 3. The standard InChI is InChI=1S/C103H155N5O27S/c1-11-12-18-38-107-92-77-88-85(83-26-24-81(136(115,116)117)74-87(83)102(88,31-27-80(3)109)32-28-96(110)104-35-40-121-49-52-127-61-64-133-70-67-130-58-55-124-46-43-118-8)76-91(92)100(4,5)94(107)20-15-13-16-21-95-101(6,7)90-75-84-82-25-23-79(2)73-86(82)103(89(84)78-93(90)108(95)39-19-14-17-22-99(113)114,33-29-97(111)105-36-41-122-50-53-128-62-65-134-71-68-131-59-56-125-47-44-119-9)34-30-98(112)106-37-42-123-51-54-129-63-66-135-72-69-132-60-57-126-48-45-120-10/h13,15-16,20-21,23-26,73-78H,11-12,14,17-19,22,27-72H2,1-10H3,(H4-,104,105,106,110,111,112,113,114,115,116,117). The van der Waals surface area contributed by atoms with Crippen molar-refractivity contribution >= 4 is 56.7 Å². The molecule has 0 saturated carbocycles. The molecule has 33 heteroatoms. The van der Waals surface area contributed by atoms with Crippen molar-refractivity contribution in [2.75, 3.05) is 277 Å². The van der Waals surface area contributed by atoms with Gasteiger partial charge in [0.05, 0.1) is 228 Å². The van der Waals surface area contributed by atoms with Gasteiger partial charge in [-0.15, -0.1) is 0 Å². The number of nitrogens with one attached hydrogen (secondary N) is 3. The number of carbonyl (C=O) groups is 5. The second-order valence-corrected chi connectivity index (χ2v) is 36.6. The Kier molecular flexibility index (Phi) is 52.2. The first kappa shape index (κ1) is 114. The number of fused-ring (bicyclic) bond motifs is 8. The summed E-state index contributed by atoms with van der Waals surface area (Å²) in [5.74, 6) is -1.48. The number of allylic oxidation sites excluding steroid dienone is 6. The molecule has 2 heterocycles. The van der Waals surface area contributed by atoms with Crippen LogP contribution in [0.1, 0.15) is 177 Å². The molecule has 0 bridgehead atoms. The summed E-state index contributed by atoms with van der Waals surface area (Å²) in [6.07, 6.45) is 17.0. The highest BCUT2D eigenvalue weighted by Crippen LogP contribution is 2.61. The number of nitrogens with zero attached hydrogens (tertiary/aromatic N) is 2. The molecule has 0 aromatic heterocycles. The van der Waals surface area contributed by atoms with Crippen LogP contribution in [-0.2, 0) is 141 Å². The maximum Gasteiger partial charge on any atom is 0.303 e. The molecule has 2 aliphatic carbocycles. The summed E-state index contributed by atoms with van der Waals surface area (Å²) < 4.78 is 141. The SMILES string of the molecule is CCCCCN1\C(=C/C=C/C=C/C2=[N+](CCCCCC(=O)O)c3cc4c(cc3C2(C)C)-c2ccc(C)cc2C4(CCC(=O)NCCOCCOCCOCCOCCOCCOC)CCC(=O)NCCOCCOCCOCCOCCOCCOC)C(C)(C)c2cc3c(cc21)C(CCC(C)=O)(CCC(=O)NCCOCCOCCOCCOCCOCCOC)c1cc(S(=O)(=O)[O-])ccc1-3. The van der Waals surface area contributed by atoms with Gasteiger partial charge in [0.2, 0.25) is 23.4 Å². The van der Waals surface area contributed by atoms with Crippen molar-refractivity contribution in [3.8, 4) is 22.3 Å². The zero-order valence-electron chi connectivity index (χ0n) is 82.5. The summed E-state index contributed by atoms with van der Waals surface area (Å²) >= 11 is 0. The Morgan fingerprint density at radius 2 is 0.794 bits per heavy atom. The van der Waals surface area contributed by atoms with Crippen molar-refractivity contribution in [1.29, 1.82) is 0 Å². The van der Waals surface area contributed by atoms with E-state index in [1.807, 2.05) is 0 Å². The van der Waals surface area contributed by atoms with E-state index >= 15 is 0 Å². The largest absolute Gasteiger partial charge is 0.744 e. The van der Waals surface area contributed by atoms with E-state index < -0.39 is 37.7 Å². The van der Waals surface area contributed by atoms with Gasteiger partial charge in [0, 0.05) is 131 Å². The van der Waals surface area contributed by atoms with Crippen LogP contribution >= 0.6 is 0 Å². The van der Waals surface area contributed by atoms with E-state index in [0.29, 0.717) is 249 Å². The number of rotatable bonds is 80. The molecular weight excluding hydrogens is 1770 g/mol. The second-order valence-electron chi connectivity index (χ2n) is 35.3. The number of ketones is 1. The number of aliphatic carboxylic acids is 1.